The highest BCUT2D eigenvalue weighted by Crippen LogP contribution is 2.26. The van der Waals surface area contributed by atoms with Crippen LogP contribution in [0, 0.1) is 0 Å². The zero-order chi connectivity index (χ0) is 19.5. The summed E-state index contributed by atoms with van der Waals surface area (Å²) in [6.07, 6.45) is 1.78. The number of rotatable bonds is 7. The van der Waals surface area contributed by atoms with Crippen LogP contribution in [0.15, 0.2) is 34.1 Å². The molecule has 10 heteroatoms. The van der Waals surface area contributed by atoms with Crippen molar-refractivity contribution in [1.82, 2.24) is 8.61 Å². The zero-order valence-corrected chi connectivity index (χ0v) is 16.6. The molecule has 2 N–H and O–H groups in total. The fraction of sp³-hybridized carbons (Fsp3) is 0.562. The fourth-order valence-corrected chi connectivity index (χ4v) is 6.23. The van der Waals surface area contributed by atoms with Gasteiger partial charge in [-0.1, -0.05) is 20.3 Å². The smallest absolute Gasteiger partial charge is 0.243 e. The van der Waals surface area contributed by atoms with Gasteiger partial charge in [0.25, 0.3) is 0 Å². The highest BCUT2D eigenvalue weighted by atomic mass is 32.2. The van der Waals surface area contributed by atoms with Gasteiger partial charge in [0.15, 0.2) is 0 Å². The minimum atomic E-state index is -3.93. The Morgan fingerprint density at radius 1 is 1.08 bits per heavy atom. The normalized spacial score (nSPS) is 19.6. The van der Waals surface area contributed by atoms with Crippen molar-refractivity contribution >= 4 is 26.0 Å². The number of carbonyl (C=O) groups excluding carboxylic acids is 1. The first-order valence-corrected chi connectivity index (χ1v) is 11.5. The van der Waals surface area contributed by atoms with Crippen molar-refractivity contribution in [2.24, 2.45) is 5.73 Å². The van der Waals surface area contributed by atoms with E-state index < -0.39 is 32.0 Å². The van der Waals surface area contributed by atoms with Gasteiger partial charge < -0.3 is 5.73 Å². The van der Waals surface area contributed by atoms with Crippen molar-refractivity contribution in [3.63, 3.8) is 0 Å². The standard InChI is InChI=1S/C16H25N3O5S2/c1-3-18(4-2)25(21,22)13-8-10-14(11-9-13)26(23,24)19-12-6-5-7-15(19)16(17)20/h8-11,15H,3-7,12H2,1-2H3,(H2,17,20)/t15-/m0/s1. The molecule has 1 heterocycles. The molecule has 0 aliphatic carbocycles. The van der Waals surface area contributed by atoms with E-state index in [0.29, 0.717) is 25.9 Å². The number of hydrogen-bond acceptors (Lipinski definition) is 5. The predicted octanol–water partition coefficient (Wildman–Crippen LogP) is 0.746. The van der Waals surface area contributed by atoms with Crippen molar-refractivity contribution < 1.29 is 21.6 Å². The average Bonchev–Trinajstić information content (AvgIpc) is 2.62. The molecule has 0 saturated carbocycles. The van der Waals surface area contributed by atoms with Gasteiger partial charge in [-0.3, -0.25) is 4.79 Å². The highest BCUT2D eigenvalue weighted by molar-refractivity contribution is 7.89. The second kappa shape index (κ2) is 8.03. The van der Waals surface area contributed by atoms with Crippen molar-refractivity contribution in [3.8, 4) is 0 Å². The molecule has 1 aromatic rings. The van der Waals surface area contributed by atoms with Crippen LogP contribution < -0.4 is 5.73 Å². The summed E-state index contributed by atoms with van der Waals surface area (Å²) in [6, 6.07) is 4.22. The van der Waals surface area contributed by atoms with E-state index in [1.54, 1.807) is 13.8 Å². The third-order valence-corrected chi connectivity index (χ3v) is 8.54. The van der Waals surface area contributed by atoms with E-state index in [0.717, 1.165) is 10.7 Å². The lowest BCUT2D eigenvalue weighted by Gasteiger charge is -2.32. The molecule has 26 heavy (non-hydrogen) atoms. The fourth-order valence-electron chi connectivity index (χ4n) is 3.11. The van der Waals surface area contributed by atoms with Gasteiger partial charge in [-0.25, -0.2) is 16.8 Å². The third-order valence-electron chi connectivity index (χ3n) is 4.56. The molecule has 1 saturated heterocycles. The van der Waals surface area contributed by atoms with E-state index in [2.05, 4.69) is 0 Å². The quantitative estimate of drug-likeness (QED) is 0.721. The number of nitrogens with zero attached hydrogens (tertiary/aromatic N) is 2. The maximum Gasteiger partial charge on any atom is 0.243 e. The van der Waals surface area contributed by atoms with Gasteiger partial charge in [-0.2, -0.15) is 8.61 Å². The molecule has 1 aliphatic heterocycles. The van der Waals surface area contributed by atoms with E-state index in [-0.39, 0.29) is 16.3 Å². The van der Waals surface area contributed by atoms with Crippen molar-refractivity contribution in [1.29, 1.82) is 0 Å². The molecular formula is C16H25N3O5S2. The van der Waals surface area contributed by atoms with Crippen LogP contribution in [0.25, 0.3) is 0 Å². The SMILES string of the molecule is CCN(CC)S(=O)(=O)c1ccc(S(=O)(=O)N2CCCC[C@H]2C(N)=O)cc1. The molecule has 1 aromatic carbocycles. The second-order valence-electron chi connectivity index (χ2n) is 6.09. The zero-order valence-electron chi connectivity index (χ0n) is 15.0. The summed E-state index contributed by atoms with van der Waals surface area (Å²) in [7, 11) is -7.59. The van der Waals surface area contributed by atoms with Gasteiger partial charge in [0.2, 0.25) is 26.0 Å². The topological polar surface area (TPSA) is 118 Å². The van der Waals surface area contributed by atoms with E-state index in [1.807, 2.05) is 0 Å². The first-order chi connectivity index (χ1) is 12.2. The van der Waals surface area contributed by atoms with Gasteiger partial charge in [0.05, 0.1) is 9.79 Å². The maximum absolute atomic E-state index is 12.9. The summed E-state index contributed by atoms with van der Waals surface area (Å²) in [4.78, 5) is 11.6. The monoisotopic (exact) mass is 403 g/mol. The van der Waals surface area contributed by atoms with Crippen LogP contribution in [0.1, 0.15) is 33.1 Å². The molecule has 1 aliphatic rings. The molecule has 1 atom stereocenters. The average molecular weight is 404 g/mol. The number of carbonyl (C=O) groups is 1. The summed E-state index contributed by atoms with van der Waals surface area (Å²) in [5, 5.41) is 0. The van der Waals surface area contributed by atoms with Crippen LogP contribution in [-0.2, 0) is 24.8 Å². The van der Waals surface area contributed by atoms with Gasteiger partial charge >= 0.3 is 0 Å². The minimum absolute atomic E-state index is 0.0326. The molecule has 0 bridgehead atoms. The number of hydrogen-bond donors (Lipinski definition) is 1. The second-order valence-corrected chi connectivity index (χ2v) is 9.92. The molecule has 1 fully saturated rings. The molecular weight excluding hydrogens is 378 g/mol. The van der Waals surface area contributed by atoms with Gasteiger partial charge in [-0.15, -0.1) is 0 Å². The van der Waals surface area contributed by atoms with E-state index in [1.165, 1.54) is 28.6 Å². The number of sulfonamides is 2. The number of benzene rings is 1. The van der Waals surface area contributed by atoms with Crippen LogP contribution >= 0.6 is 0 Å². The highest BCUT2D eigenvalue weighted by Gasteiger charge is 2.36. The molecule has 1 amide bonds. The lowest BCUT2D eigenvalue weighted by atomic mass is 10.0. The summed E-state index contributed by atoms with van der Waals surface area (Å²) >= 11 is 0. The third kappa shape index (κ3) is 3.93. The Morgan fingerprint density at radius 2 is 1.62 bits per heavy atom. The Bertz CT molecular complexity index is 846. The number of nitrogens with two attached hydrogens (primary N) is 1. The molecule has 0 aromatic heterocycles. The largest absolute Gasteiger partial charge is 0.368 e. The van der Waals surface area contributed by atoms with Crippen LogP contribution in [0.3, 0.4) is 0 Å². The van der Waals surface area contributed by atoms with Gasteiger partial charge in [0.1, 0.15) is 6.04 Å². The Labute approximate surface area is 155 Å². The lowest BCUT2D eigenvalue weighted by molar-refractivity contribution is -0.122. The molecule has 146 valence electrons. The molecule has 0 spiro atoms. The van der Waals surface area contributed by atoms with E-state index in [9.17, 15) is 21.6 Å². The van der Waals surface area contributed by atoms with E-state index >= 15 is 0 Å². The summed E-state index contributed by atoms with van der Waals surface area (Å²) < 4.78 is 53.2. The molecule has 0 unspecified atom stereocenters. The van der Waals surface area contributed by atoms with Crippen LogP contribution in [0.5, 0.6) is 0 Å². The van der Waals surface area contributed by atoms with Gasteiger partial charge in [0, 0.05) is 19.6 Å². The van der Waals surface area contributed by atoms with Crippen molar-refractivity contribution in [2.75, 3.05) is 19.6 Å². The number of piperidine rings is 1. The summed E-state index contributed by atoms with van der Waals surface area (Å²) in [6.45, 7) is 4.34. The van der Waals surface area contributed by atoms with Crippen LogP contribution in [0.4, 0.5) is 0 Å². The lowest BCUT2D eigenvalue weighted by Crippen LogP contribution is -2.50. The van der Waals surface area contributed by atoms with Crippen LogP contribution in [-0.4, -0.2) is 57.0 Å². The Kier molecular flexibility index (Phi) is 6.43. The molecule has 0 radical (unpaired) electrons. The van der Waals surface area contributed by atoms with Gasteiger partial charge in [-0.05, 0) is 37.1 Å². The number of amides is 1. The summed E-state index contributed by atoms with van der Waals surface area (Å²) in [5.74, 6) is -0.672. The summed E-state index contributed by atoms with van der Waals surface area (Å²) in [5.41, 5.74) is 5.35. The minimum Gasteiger partial charge on any atom is -0.368 e. The molecule has 2 rings (SSSR count). The first-order valence-electron chi connectivity index (χ1n) is 8.57. The Hall–Kier alpha value is -1.49. The van der Waals surface area contributed by atoms with Crippen molar-refractivity contribution in [2.45, 2.75) is 48.9 Å². The maximum atomic E-state index is 12.9. The van der Waals surface area contributed by atoms with Crippen LogP contribution in [0.2, 0.25) is 0 Å². The Morgan fingerprint density at radius 3 is 2.12 bits per heavy atom. The van der Waals surface area contributed by atoms with Crippen molar-refractivity contribution in [3.05, 3.63) is 24.3 Å². The van der Waals surface area contributed by atoms with E-state index in [4.69, 9.17) is 5.73 Å². The Balaban J connectivity index is 2.36. The molecule has 8 nitrogen and oxygen atoms in total. The number of primary amides is 1. The predicted molar refractivity (Wildman–Crippen MR) is 97.3 cm³/mol. The first kappa shape index (κ1) is 20.8.